The van der Waals surface area contributed by atoms with Crippen LogP contribution in [0.15, 0.2) is 42.6 Å². The van der Waals surface area contributed by atoms with Crippen molar-refractivity contribution in [2.75, 3.05) is 7.11 Å². The lowest BCUT2D eigenvalue weighted by Crippen LogP contribution is -1.91. The Morgan fingerprint density at radius 2 is 2.11 bits per heavy atom. The summed E-state index contributed by atoms with van der Waals surface area (Å²) in [6.07, 6.45) is 1.74. The van der Waals surface area contributed by atoms with Crippen LogP contribution in [0.3, 0.4) is 0 Å². The van der Waals surface area contributed by atoms with Crippen molar-refractivity contribution in [1.29, 1.82) is 0 Å². The summed E-state index contributed by atoms with van der Waals surface area (Å²) in [4.78, 5) is 4.38. The molecular weight excluding hydrogens is 267 g/mol. The van der Waals surface area contributed by atoms with E-state index < -0.39 is 5.82 Å². The molecule has 3 rings (SSSR count). The molecule has 0 saturated heterocycles. The number of benzene rings is 1. The van der Waals surface area contributed by atoms with Gasteiger partial charge in [-0.3, -0.25) is 4.40 Å². The van der Waals surface area contributed by atoms with Gasteiger partial charge < -0.3 is 4.74 Å². The standard InChI is InChI=1S/C14H10ClFN2O/c1-19-14-4-2-3-13-17-12(8-18(13)14)10-6-5-9(15)7-11(10)16/h2-8H,1H3. The minimum absolute atomic E-state index is 0.364. The van der Waals surface area contributed by atoms with Crippen LogP contribution >= 0.6 is 11.6 Å². The number of pyridine rings is 1. The summed E-state index contributed by atoms with van der Waals surface area (Å²) in [7, 11) is 1.58. The molecular formula is C14H10ClFN2O. The van der Waals surface area contributed by atoms with Gasteiger partial charge in [0.15, 0.2) is 5.88 Å². The molecule has 96 valence electrons. The van der Waals surface area contributed by atoms with Gasteiger partial charge in [-0.2, -0.15) is 0 Å². The Labute approximate surface area is 114 Å². The van der Waals surface area contributed by atoms with Gasteiger partial charge in [0.25, 0.3) is 0 Å². The van der Waals surface area contributed by atoms with Crippen molar-refractivity contribution in [3.05, 3.63) is 53.4 Å². The quantitative estimate of drug-likeness (QED) is 0.712. The lowest BCUT2D eigenvalue weighted by atomic mass is 10.1. The van der Waals surface area contributed by atoms with E-state index >= 15 is 0 Å². The van der Waals surface area contributed by atoms with Crippen molar-refractivity contribution in [2.24, 2.45) is 0 Å². The van der Waals surface area contributed by atoms with E-state index in [2.05, 4.69) is 4.98 Å². The van der Waals surface area contributed by atoms with E-state index in [1.54, 1.807) is 29.8 Å². The van der Waals surface area contributed by atoms with Crippen LogP contribution in [0.2, 0.25) is 5.02 Å². The third kappa shape index (κ3) is 2.04. The molecule has 2 heterocycles. The van der Waals surface area contributed by atoms with E-state index in [4.69, 9.17) is 16.3 Å². The minimum atomic E-state index is -0.394. The number of hydrogen-bond donors (Lipinski definition) is 0. The van der Waals surface area contributed by atoms with Crippen molar-refractivity contribution in [3.63, 3.8) is 0 Å². The topological polar surface area (TPSA) is 26.5 Å². The van der Waals surface area contributed by atoms with E-state index in [1.165, 1.54) is 6.07 Å². The molecule has 0 amide bonds. The molecule has 5 heteroatoms. The molecule has 0 fully saturated rings. The number of nitrogens with zero attached hydrogens (tertiary/aromatic N) is 2. The first kappa shape index (κ1) is 12.0. The first-order chi connectivity index (χ1) is 9.19. The van der Waals surface area contributed by atoms with Crippen molar-refractivity contribution >= 4 is 17.2 Å². The number of fused-ring (bicyclic) bond motifs is 1. The van der Waals surface area contributed by atoms with Crippen LogP contribution in [-0.2, 0) is 0 Å². The molecule has 0 atom stereocenters. The maximum atomic E-state index is 13.9. The summed E-state index contributed by atoms with van der Waals surface area (Å²) in [6.45, 7) is 0. The van der Waals surface area contributed by atoms with E-state index in [9.17, 15) is 4.39 Å². The minimum Gasteiger partial charge on any atom is -0.482 e. The summed E-state index contributed by atoms with van der Waals surface area (Å²) in [5.41, 5.74) is 1.65. The highest BCUT2D eigenvalue weighted by Crippen LogP contribution is 2.26. The molecule has 2 aromatic heterocycles. The highest BCUT2D eigenvalue weighted by molar-refractivity contribution is 6.30. The predicted octanol–water partition coefficient (Wildman–Crippen LogP) is 3.80. The number of imidazole rings is 1. The second-order valence-electron chi connectivity index (χ2n) is 4.05. The molecule has 0 unspecified atom stereocenters. The molecule has 0 bridgehead atoms. The molecule has 0 aliphatic heterocycles. The van der Waals surface area contributed by atoms with E-state index in [0.717, 1.165) is 0 Å². The number of ether oxygens (including phenoxy) is 1. The van der Waals surface area contributed by atoms with Gasteiger partial charge in [0.1, 0.15) is 11.5 Å². The van der Waals surface area contributed by atoms with E-state index in [0.29, 0.717) is 27.8 Å². The first-order valence-electron chi connectivity index (χ1n) is 5.66. The second kappa shape index (κ2) is 4.55. The summed E-state index contributed by atoms with van der Waals surface area (Å²) >= 11 is 5.75. The molecule has 0 saturated carbocycles. The molecule has 0 radical (unpaired) electrons. The Kier molecular flexibility index (Phi) is 2.87. The summed E-state index contributed by atoms with van der Waals surface area (Å²) in [5, 5.41) is 0.364. The Balaban J connectivity index is 2.20. The third-order valence-corrected chi connectivity index (χ3v) is 3.11. The van der Waals surface area contributed by atoms with E-state index in [-0.39, 0.29) is 0 Å². The largest absolute Gasteiger partial charge is 0.482 e. The Morgan fingerprint density at radius 1 is 1.26 bits per heavy atom. The van der Waals surface area contributed by atoms with Gasteiger partial charge in [-0.15, -0.1) is 0 Å². The summed E-state index contributed by atoms with van der Waals surface area (Å²) < 4.78 is 20.9. The molecule has 0 spiro atoms. The van der Waals surface area contributed by atoms with Crippen molar-refractivity contribution in [3.8, 4) is 17.1 Å². The zero-order valence-electron chi connectivity index (χ0n) is 10.1. The summed E-state index contributed by atoms with van der Waals surface area (Å²) in [5.74, 6) is 0.250. The Bertz CT molecular complexity index is 754. The van der Waals surface area contributed by atoms with Crippen LogP contribution < -0.4 is 4.74 Å². The lowest BCUT2D eigenvalue weighted by Gasteiger charge is -2.01. The number of methoxy groups -OCH3 is 1. The average molecular weight is 277 g/mol. The highest BCUT2D eigenvalue weighted by Gasteiger charge is 2.11. The number of halogens is 2. The van der Waals surface area contributed by atoms with Crippen LogP contribution in [0.25, 0.3) is 16.9 Å². The summed E-state index contributed by atoms with van der Waals surface area (Å²) in [6, 6.07) is 10.0. The van der Waals surface area contributed by atoms with Crippen LogP contribution in [0.5, 0.6) is 5.88 Å². The second-order valence-corrected chi connectivity index (χ2v) is 4.48. The predicted molar refractivity (Wildman–Crippen MR) is 72.1 cm³/mol. The van der Waals surface area contributed by atoms with Gasteiger partial charge in [-0.25, -0.2) is 9.37 Å². The fourth-order valence-electron chi connectivity index (χ4n) is 1.98. The molecule has 3 nitrogen and oxygen atoms in total. The van der Waals surface area contributed by atoms with Gasteiger partial charge >= 0.3 is 0 Å². The van der Waals surface area contributed by atoms with Crippen LogP contribution in [-0.4, -0.2) is 16.5 Å². The first-order valence-corrected chi connectivity index (χ1v) is 6.04. The number of rotatable bonds is 2. The molecule has 19 heavy (non-hydrogen) atoms. The van der Waals surface area contributed by atoms with Crippen molar-refractivity contribution < 1.29 is 9.13 Å². The molecule has 0 aliphatic carbocycles. The SMILES string of the molecule is COc1cccc2nc(-c3ccc(Cl)cc3F)cn12. The van der Waals surface area contributed by atoms with Gasteiger partial charge in [0.2, 0.25) is 0 Å². The average Bonchev–Trinajstić information content (AvgIpc) is 2.81. The fraction of sp³-hybridized carbons (Fsp3) is 0.0714. The zero-order chi connectivity index (χ0) is 13.4. The maximum Gasteiger partial charge on any atom is 0.198 e. The maximum absolute atomic E-state index is 13.9. The normalized spacial score (nSPS) is 10.9. The Hall–Kier alpha value is -2.07. The molecule has 0 aliphatic rings. The van der Waals surface area contributed by atoms with Gasteiger partial charge in [-0.05, 0) is 30.3 Å². The lowest BCUT2D eigenvalue weighted by molar-refractivity contribution is 0.392. The third-order valence-electron chi connectivity index (χ3n) is 2.87. The van der Waals surface area contributed by atoms with Crippen LogP contribution in [0, 0.1) is 5.82 Å². The van der Waals surface area contributed by atoms with Crippen molar-refractivity contribution in [1.82, 2.24) is 9.38 Å². The Morgan fingerprint density at radius 3 is 2.84 bits per heavy atom. The number of aromatic nitrogens is 2. The van der Waals surface area contributed by atoms with E-state index in [1.807, 2.05) is 18.2 Å². The van der Waals surface area contributed by atoms with Crippen LogP contribution in [0.4, 0.5) is 4.39 Å². The fourth-order valence-corrected chi connectivity index (χ4v) is 2.14. The zero-order valence-corrected chi connectivity index (χ0v) is 10.9. The van der Waals surface area contributed by atoms with Gasteiger partial charge in [-0.1, -0.05) is 17.7 Å². The highest BCUT2D eigenvalue weighted by atomic mass is 35.5. The van der Waals surface area contributed by atoms with Crippen molar-refractivity contribution in [2.45, 2.75) is 0 Å². The smallest absolute Gasteiger partial charge is 0.198 e. The van der Waals surface area contributed by atoms with Crippen LogP contribution in [0.1, 0.15) is 0 Å². The van der Waals surface area contributed by atoms with Gasteiger partial charge in [0.05, 0.1) is 12.8 Å². The van der Waals surface area contributed by atoms with Gasteiger partial charge in [0, 0.05) is 16.8 Å². The molecule has 3 aromatic rings. The molecule has 0 N–H and O–H groups in total. The monoisotopic (exact) mass is 276 g/mol. The number of hydrogen-bond acceptors (Lipinski definition) is 2. The molecule has 1 aromatic carbocycles.